The second-order valence-corrected chi connectivity index (χ2v) is 4.07. The van der Waals surface area contributed by atoms with Crippen LogP contribution < -0.4 is 21.5 Å². The summed E-state index contributed by atoms with van der Waals surface area (Å²) in [5.41, 5.74) is 13.3. The zero-order valence-corrected chi connectivity index (χ0v) is 10.5. The average Bonchev–Trinajstić information content (AvgIpc) is 2.37. The third kappa shape index (κ3) is 3.16. The highest BCUT2D eigenvalue weighted by Gasteiger charge is 2.08. The van der Waals surface area contributed by atoms with Gasteiger partial charge in [-0.05, 0) is 30.3 Å². The summed E-state index contributed by atoms with van der Waals surface area (Å²) in [6, 6.07) is 11.8. The van der Waals surface area contributed by atoms with Gasteiger partial charge in [-0.15, -0.1) is 0 Å². The summed E-state index contributed by atoms with van der Waals surface area (Å²) >= 11 is 0. The minimum absolute atomic E-state index is 0.271. The number of ether oxygens (including phenoxy) is 1. The number of hydrogen-bond donors (Lipinski definition) is 3. The highest BCUT2D eigenvalue weighted by molar-refractivity contribution is 6.05. The lowest BCUT2D eigenvalue weighted by atomic mass is 10.1. The highest BCUT2D eigenvalue weighted by Crippen LogP contribution is 2.19. The molecule has 0 aliphatic heterocycles. The van der Waals surface area contributed by atoms with Gasteiger partial charge in [-0.2, -0.15) is 0 Å². The molecule has 5 nitrogen and oxygen atoms in total. The number of carbonyl (C=O) groups excluding carboxylic acids is 1. The van der Waals surface area contributed by atoms with Crippen LogP contribution in [0.1, 0.15) is 10.4 Å². The van der Waals surface area contributed by atoms with Crippen LogP contribution in [0.4, 0.5) is 17.1 Å². The van der Waals surface area contributed by atoms with Crippen LogP contribution in [0.2, 0.25) is 0 Å². The third-order valence-electron chi connectivity index (χ3n) is 2.57. The minimum atomic E-state index is -0.271. The van der Waals surface area contributed by atoms with Crippen LogP contribution in [0.25, 0.3) is 0 Å². The number of benzene rings is 2. The SMILES string of the molecule is COc1cccc(NC(=O)c2cc(N)cc(N)c2)c1. The number of hydrogen-bond acceptors (Lipinski definition) is 4. The highest BCUT2D eigenvalue weighted by atomic mass is 16.5. The van der Waals surface area contributed by atoms with Crippen LogP contribution in [0, 0.1) is 0 Å². The van der Waals surface area contributed by atoms with Gasteiger partial charge in [0.15, 0.2) is 0 Å². The molecule has 2 aromatic rings. The molecule has 0 heterocycles. The van der Waals surface area contributed by atoms with E-state index in [-0.39, 0.29) is 5.91 Å². The first-order valence-corrected chi connectivity index (χ1v) is 5.70. The summed E-state index contributed by atoms with van der Waals surface area (Å²) in [5, 5.41) is 2.76. The summed E-state index contributed by atoms with van der Waals surface area (Å²) in [6.45, 7) is 0. The Morgan fingerprint density at radius 3 is 2.42 bits per heavy atom. The van der Waals surface area contributed by atoms with E-state index in [1.54, 1.807) is 49.6 Å². The first kappa shape index (κ1) is 12.8. The van der Waals surface area contributed by atoms with E-state index < -0.39 is 0 Å². The number of nitrogens with one attached hydrogen (secondary N) is 1. The quantitative estimate of drug-likeness (QED) is 0.734. The van der Waals surface area contributed by atoms with Crippen molar-refractivity contribution in [3.05, 3.63) is 48.0 Å². The van der Waals surface area contributed by atoms with Crippen molar-refractivity contribution in [3.8, 4) is 5.75 Å². The fraction of sp³-hybridized carbons (Fsp3) is 0.0714. The molecule has 0 aliphatic carbocycles. The molecule has 0 spiro atoms. The van der Waals surface area contributed by atoms with Crippen LogP contribution >= 0.6 is 0 Å². The van der Waals surface area contributed by atoms with E-state index in [4.69, 9.17) is 16.2 Å². The smallest absolute Gasteiger partial charge is 0.255 e. The van der Waals surface area contributed by atoms with Gasteiger partial charge in [0, 0.05) is 28.7 Å². The van der Waals surface area contributed by atoms with Gasteiger partial charge in [0.05, 0.1) is 7.11 Å². The number of amides is 1. The maximum atomic E-state index is 12.1. The average molecular weight is 257 g/mol. The molecule has 2 rings (SSSR count). The lowest BCUT2D eigenvalue weighted by molar-refractivity contribution is 0.102. The predicted octanol–water partition coefficient (Wildman–Crippen LogP) is 2.11. The van der Waals surface area contributed by atoms with Crippen molar-refractivity contribution in [1.82, 2.24) is 0 Å². The first-order valence-electron chi connectivity index (χ1n) is 5.70. The third-order valence-corrected chi connectivity index (χ3v) is 2.57. The second-order valence-electron chi connectivity index (χ2n) is 4.07. The minimum Gasteiger partial charge on any atom is -0.497 e. The standard InChI is InChI=1S/C14H15N3O2/c1-19-13-4-2-3-12(8-13)17-14(18)9-5-10(15)7-11(16)6-9/h2-8H,15-16H2,1H3,(H,17,18). The van der Waals surface area contributed by atoms with Crippen molar-refractivity contribution >= 4 is 23.0 Å². The lowest BCUT2D eigenvalue weighted by Crippen LogP contribution is -2.12. The fourth-order valence-electron chi connectivity index (χ4n) is 1.71. The largest absolute Gasteiger partial charge is 0.497 e. The summed E-state index contributed by atoms with van der Waals surface area (Å²) < 4.78 is 5.09. The number of methoxy groups -OCH3 is 1. The summed E-state index contributed by atoms with van der Waals surface area (Å²) in [6.07, 6.45) is 0. The molecule has 0 radical (unpaired) electrons. The van der Waals surface area contributed by atoms with Crippen LogP contribution in [-0.4, -0.2) is 13.0 Å². The molecule has 5 N–H and O–H groups in total. The molecule has 0 aliphatic rings. The fourth-order valence-corrected chi connectivity index (χ4v) is 1.71. The van der Waals surface area contributed by atoms with Crippen molar-refractivity contribution in [3.63, 3.8) is 0 Å². The van der Waals surface area contributed by atoms with E-state index in [1.165, 1.54) is 0 Å². The number of nitrogens with two attached hydrogens (primary N) is 2. The Hall–Kier alpha value is -2.69. The maximum Gasteiger partial charge on any atom is 0.255 e. The summed E-state index contributed by atoms with van der Waals surface area (Å²) in [4.78, 5) is 12.1. The zero-order chi connectivity index (χ0) is 13.8. The van der Waals surface area contributed by atoms with E-state index in [9.17, 15) is 4.79 Å². The molecular formula is C14H15N3O2. The van der Waals surface area contributed by atoms with Crippen molar-refractivity contribution in [2.45, 2.75) is 0 Å². The molecule has 1 amide bonds. The van der Waals surface area contributed by atoms with Crippen LogP contribution in [0.3, 0.4) is 0 Å². The van der Waals surface area contributed by atoms with E-state index in [1.807, 2.05) is 0 Å². The zero-order valence-electron chi connectivity index (χ0n) is 10.5. The molecule has 0 atom stereocenters. The van der Waals surface area contributed by atoms with E-state index in [0.29, 0.717) is 28.4 Å². The molecule has 0 saturated carbocycles. The van der Waals surface area contributed by atoms with Gasteiger partial charge in [0.1, 0.15) is 5.75 Å². The molecule has 0 bridgehead atoms. The Balaban J connectivity index is 2.20. The number of carbonyl (C=O) groups is 1. The molecule has 19 heavy (non-hydrogen) atoms. The summed E-state index contributed by atoms with van der Waals surface area (Å²) in [7, 11) is 1.57. The Bertz CT molecular complexity index is 591. The van der Waals surface area contributed by atoms with Crippen LogP contribution in [0.15, 0.2) is 42.5 Å². The Morgan fingerprint density at radius 2 is 1.79 bits per heavy atom. The van der Waals surface area contributed by atoms with Crippen LogP contribution in [0.5, 0.6) is 5.75 Å². The number of rotatable bonds is 3. The summed E-state index contributed by atoms with van der Waals surface area (Å²) in [5.74, 6) is 0.400. The number of nitrogen functional groups attached to an aromatic ring is 2. The Labute approximate surface area is 111 Å². The molecule has 0 saturated heterocycles. The van der Waals surface area contributed by atoms with Crippen molar-refractivity contribution < 1.29 is 9.53 Å². The molecule has 5 heteroatoms. The normalized spacial score (nSPS) is 9.95. The van der Waals surface area contributed by atoms with Gasteiger partial charge in [0.25, 0.3) is 5.91 Å². The lowest BCUT2D eigenvalue weighted by Gasteiger charge is -2.08. The van der Waals surface area contributed by atoms with Gasteiger partial charge >= 0.3 is 0 Å². The monoisotopic (exact) mass is 257 g/mol. The van der Waals surface area contributed by atoms with Crippen molar-refractivity contribution in [2.24, 2.45) is 0 Å². The van der Waals surface area contributed by atoms with E-state index in [0.717, 1.165) is 0 Å². The molecule has 2 aromatic carbocycles. The van der Waals surface area contributed by atoms with E-state index >= 15 is 0 Å². The molecule has 0 unspecified atom stereocenters. The molecular weight excluding hydrogens is 242 g/mol. The van der Waals surface area contributed by atoms with Crippen molar-refractivity contribution in [2.75, 3.05) is 23.9 Å². The van der Waals surface area contributed by atoms with E-state index in [2.05, 4.69) is 5.32 Å². The topological polar surface area (TPSA) is 90.4 Å². The van der Waals surface area contributed by atoms with Gasteiger partial charge < -0.3 is 21.5 Å². The Morgan fingerprint density at radius 1 is 1.11 bits per heavy atom. The second kappa shape index (κ2) is 5.30. The molecule has 0 aromatic heterocycles. The molecule has 98 valence electrons. The van der Waals surface area contributed by atoms with Crippen molar-refractivity contribution in [1.29, 1.82) is 0 Å². The maximum absolute atomic E-state index is 12.1. The van der Waals surface area contributed by atoms with Gasteiger partial charge in [-0.25, -0.2) is 0 Å². The van der Waals surface area contributed by atoms with Gasteiger partial charge in [0.2, 0.25) is 0 Å². The first-order chi connectivity index (χ1) is 9.08. The van der Waals surface area contributed by atoms with Gasteiger partial charge in [-0.3, -0.25) is 4.79 Å². The molecule has 0 fully saturated rings. The predicted molar refractivity (Wildman–Crippen MR) is 76.2 cm³/mol. The number of anilines is 3. The van der Waals surface area contributed by atoms with Gasteiger partial charge in [-0.1, -0.05) is 6.07 Å². The Kier molecular flexibility index (Phi) is 3.56. The van der Waals surface area contributed by atoms with Crippen LogP contribution in [-0.2, 0) is 0 Å².